The van der Waals surface area contributed by atoms with E-state index in [4.69, 9.17) is 0 Å². The lowest BCUT2D eigenvalue weighted by Crippen LogP contribution is -2.55. The van der Waals surface area contributed by atoms with E-state index in [1.807, 2.05) is 0 Å². The first kappa shape index (κ1) is 8.02. The third-order valence-electron chi connectivity index (χ3n) is 5.06. The summed E-state index contributed by atoms with van der Waals surface area (Å²) in [7, 11) is 0. The quantitative estimate of drug-likeness (QED) is 0.557. The maximum Gasteiger partial charge on any atom is 0.136 e. The van der Waals surface area contributed by atoms with Gasteiger partial charge in [0.1, 0.15) is 5.78 Å². The molecule has 0 heterocycles. The van der Waals surface area contributed by atoms with Crippen molar-refractivity contribution in [2.45, 2.75) is 45.4 Å². The smallest absolute Gasteiger partial charge is 0.136 e. The summed E-state index contributed by atoms with van der Waals surface area (Å²) in [5.74, 6) is 2.79. The molecule has 0 radical (unpaired) electrons. The van der Waals surface area contributed by atoms with Crippen molar-refractivity contribution in [1.29, 1.82) is 0 Å². The maximum absolute atomic E-state index is 11.7. The molecule has 13 heavy (non-hydrogen) atoms. The largest absolute Gasteiger partial charge is 0.299 e. The molecule has 1 nitrogen and oxygen atoms in total. The molecule has 3 fully saturated rings. The number of carbonyl (C=O) groups excluding carboxylic acids is 1. The number of rotatable bonds is 0. The first-order valence-electron chi connectivity index (χ1n) is 5.76. The van der Waals surface area contributed by atoms with Crippen LogP contribution in [-0.2, 0) is 4.79 Å². The molecule has 0 aromatic carbocycles. The van der Waals surface area contributed by atoms with Gasteiger partial charge >= 0.3 is 0 Å². The van der Waals surface area contributed by atoms with Crippen molar-refractivity contribution in [3.8, 4) is 0 Å². The zero-order valence-corrected chi connectivity index (χ0v) is 8.38. The second-order valence-electron chi connectivity index (χ2n) is 5.50. The summed E-state index contributed by atoms with van der Waals surface area (Å²) in [4.78, 5) is 11.7. The first-order chi connectivity index (χ1) is 6.23. The zero-order chi connectivity index (χ0) is 9.05. The molecule has 0 spiro atoms. The fourth-order valence-electron chi connectivity index (χ4n) is 4.47. The van der Waals surface area contributed by atoms with Gasteiger partial charge in [0.2, 0.25) is 0 Å². The highest BCUT2D eigenvalue weighted by molar-refractivity contribution is 5.86. The van der Waals surface area contributed by atoms with E-state index in [9.17, 15) is 4.79 Å². The Morgan fingerprint density at radius 3 is 2.92 bits per heavy atom. The molecule has 72 valence electrons. The van der Waals surface area contributed by atoms with E-state index in [0.717, 1.165) is 18.3 Å². The Morgan fingerprint density at radius 1 is 1.31 bits per heavy atom. The number of ketones is 1. The molecule has 1 heteroatoms. The fourth-order valence-corrected chi connectivity index (χ4v) is 4.47. The van der Waals surface area contributed by atoms with Crippen LogP contribution in [0.2, 0.25) is 0 Å². The minimum atomic E-state index is 0.447. The van der Waals surface area contributed by atoms with Crippen LogP contribution < -0.4 is 0 Å². The highest BCUT2D eigenvalue weighted by Gasteiger charge is 2.63. The van der Waals surface area contributed by atoms with Crippen LogP contribution in [0, 0.1) is 23.2 Å². The van der Waals surface area contributed by atoms with E-state index in [0.29, 0.717) is 17.1 Å². The van der Waals surface area contributed by atoms with Crippen molar-refractivity contribution < 1.29 is 4.79 Å². The van der Waals surface area contributed by atoms with Gasteiger partial charge in [-0.1, -0.05) is 19.8 Å². The Bertz CT molecular complexity index is 258. The van der Waals surface area contributed by atoms with Gasteiger partial charge in [-0.15, -0.1) is 0 Å². The van der Waals surface area contributed by atoms with Crippen LogP contribution in [-0.4, -0.2) is 5.78 Å². The van der Waals surface area contributed by atoms with Crippen molar-refractivity contribution >= 4 is 5.78 Å². The first-order valence-corrected chi connectivity index (χ1v) is 5.76. The molecule has 0 unspecified atom stereocenters. The Kier molecular flexibility index (Phi) is 1.46. The fraction of sp³-hybridized carbons (Fsp3) is 0.917. The second kappa shape index (κ2) is 2.37. The van der Waals surface area contributed by atoms with Crippen LogP contribution in [0.1, 0.15) is 45.4 Å². The molecule has 0 aromatic rings. The van der Waals surface area contributed by atoms with Gasteiger partial charge in [0.05, 0.1) is 0 Å². The predicted octanol–water partition coefficient (Wildman–Crippen LogP) is 2.79. The average molecular weight is 178 g/mol. The SMILES string of the molecule is C[C@@]12CCC(=O)[C@@H]1[C@H]1CCCC[C@H]12. The van der Waals surface area contributed by atoms with Crippen molar-refractivity contribution in [3.63, 3.8) is 0 Å². The molecule has 0 aliphatic heterocycles. The third kappa shape index (κ3) is 0.812. The Labute approximate surface area is 79.9 Å². The number of hydrogen-bond acceptors (Lipinski definition) is 1. The maximum atomic E-state index is 11.7. The summed E-state index contributed by atoms with van der Waals surface area (Å²) in [6, 6.07) is 0. The Balaban J connectivity index is 1.91. The predicted molar refractivity (Wildman–Crippen MR) is 51.3 cm³/mol. The molecule has 0 saturated heterocycles. The van der Waals surface area contributed by atoms with Gasteiger partial charge < -0.3 is 0 Å². The average Bonchev–Trinajstić information content (AvgIpc) is 2.38. The summed E-state index contributed by atoms with van der Waals surface area (Å²) in [6.45, 7) is 2.37. The molecule has 3 aliphatic carbocycles. The normalized spacial score (nSPS) is 53.9. The summed E-state index contributed by atoms with van der Waals surface area (Å²) in [5.41, 5.74) is 0.447. The van der Waals surface area contributed by atoms with Gasteiger partial charge in [0, 0.05) is 12.3 Å². The molecular weight excluding hydrogens is 160 g/mol. The van der Waals surface area contributed by atoms with E-state index in [2.05, 4.69) is 6.92 Å². The lowest BCUT2D eigenvalue weighted by Gasteiger charge is -2.58. The number of Topliss-reactive ketones (excluding diaryl/α,β-unsaturated/α-hetero) is 1. The van der Waals surface area contributed by atoms with Gasteiger partial charge in [-0.2, -0.15) is 0 Å². The van der Waals surface area contributed by atoms with Crippen LogP contribution in [0.5, 0.6) is 0 Å². The molecule has 3 aliphatic rings. The van der Waals surface area contributed by atoms with Crippen LogP contribution in [0.3, 0.4) is 0 Å². The molecule has 0 amide bonds. The van der Waals surface area contributed by atoms with Gasteiger partial charge in [-0.05, 0) is 36.5 Å². The van der Waals surface area contributed by atoms with E-state index < -0.39 is 0 Å². The van der Waals surface area contributed by atoms with Crippen LogP contribution in [0.25, 0.3) is 0 Å². The van der Waals surface area contributed by atoms with Crippen LogP contribution in [0.15, 0.2) is 0 Å². The molecule has 0 aromatic heterocycles. The summed E-state index contributed by atoms with van der Waals surface area (Å²) < 4.78 is 0. The standard InChI is InChI=1S/C12H18O/c1-12-7-6-10(13)11(12)8-4-2-3-5-9(8)12/h8-9,11H,2-7H2,1H3/t8-,9+,11-,12-/m0/s1. The van der Waals surface area contributed by atoms with Gasteiger partial charge in [-0.25, -0.2) is 0 Å². The topological polar surface area (TPSA) is 17.1 Å². The number of carbonyl (C=O) groups is 1. The van der Waals surface area contributed by atoms with Crippen molar-refractivity contribution in [2.75, 3.05) is 0 Å². The van der Waals surface area contributed by atoms with Crippen molar-refractivity contribution in [3.05, 3.63) is 0 Å². The van der Waals surface area contributed by atoms with E-state index in [1.54, 1.807) is 0 Å². The van der Waals surface area contributed by atoms with Gasteiger partial charge in [0.15, 0.2) is 0 Å². The monoisotopic (exact) mass is 178 g/mol. The molecular formula is C12H18O. The highest BCUT2D eigenvalue weighted by atomic mass is 16.1. The van der Waals surface area contributed by atoms with E-state index >= 15 is 0 Å². The number of hydrogen-bond donors (Lipinski definition) is 0. The molecule has 3 rings (SSSR count). The minimum Gasteiger partial charge on any atom is -0.299 e. The highest BCUT2D eigenvalue weighted by Crippen LogP contribution is 2.66. The molecule has 0 N–H and O–H groups in total. The minimum absolute atomic E-state index is 0.447. The second-order valence-corrected chi connectivity index (χ2v) is 5.50. The summed E-state index contributed by atoms with van der Waals surface area (Å²) >= 11 is 0. The lowest BCUT2D eigenvalue weighted by atomic mass is 9.45. The number of fused-ring (bicyclic) bond motifs is 4. The summed E-state index contributed by atoms with van der Waals surface area (Å²) in [5, 5.41) is 0. The van der Waals surface area contributed by atoms with Crippen LogP contribution in [0.4, 0.5) is 0 Å². The molecule has 4 atom stereocenters. The van der Waals surface area contributed by atoms with Gasteiger partial charge in [0.25, 0.3) is 0 Å². The van der Waals surface area contributed by atoms with E-state index in [1.165, 1.54) is 32.1 Å². The van der Waals surface area contributed by atoms with Crippen molar-refractivity contribution in [1.82, 2.24) is 0 Å². The lowest BCUT2D eigenvalue weighted by molar-refractivity contribution is -0.148. The molecule has 3 saturated carbocycles. The molecule has 0 bridgehead atoms. The van der Waals surface area contributed by atoms with Gasteiger partial charge in [-0.3, -0.25) is 4.79 Å². The Morgan fingerprint density at radius 2 is 2.08 bits per heavy atom. The van der Waals surface area contributed by atoms with Crippen LogP contribution >= 0.6 is 0 Å². The summed E-state index contributed by atoms with van der Waals surface area (Å²) in [6.07, 6.45) is 7.62. The third-order valence-corrected chi connectivity index (χ3v) is 5.06. The zero-order valence-electron chi connectivity index (χ0n) is 8.38. The van der Waals surface area contributed by atoms with E-state index in [-0.39, 0.29) is 0 Å². The Hall–Kier alpha value is -0.330. The van der Waals surface area contributed by atoms with Crippen molar-refractivity contribution in [2.24, 2.45) is 23.2 Å².